The Labute approximate surface area is 202 Å². The highest BCUT2D eigenvalue weighted by Gasteiger charge is 2.34. The molecule has 0 bridgehead atoms. The van der Waals surface area contributed by atoms with E-state index < -0.39 is 17.8 Å². The van der Waals surface area contributed by atoms with Crippen molar-refractivity contribution in [2.45, 2.75) is 19.6 Å². The summed E-state index contributed by atoms with van der Waals surface area (Å²) in [6, 6.07) is 12.7. The maximum absolute atomic E-state index is 13.4. The molecule has 0 spiro atoms. The molecule has 0 saturated heterocycles. The number of rotatable bonds is 5. The van der Waals surface area contributed by atoms with Crippen LogP contribution in [0.25, 0.3) is 10.9 Å². The van der Waals surface area contributed by atoms with E-state index in [0.717, 1.165) is 10.9 Å². The third-order valence-electron chi connectivity index (χ3n) is 5.13. The van der Waals surface area contributed by atoms with E-state index in [9.17, 15) is 22.8 Å². The molecule has 0 aliphatic carbocycles. The lowest BCUT2D eigenvalue weighted by molar-refractivity contribution is -0.140. The van der Waals surface area contributed by atoms with Crippen LogP contribution < -0.4 is 10.6 Å². The number of anilines is 1. The Morgan fingerprint density at radius 2 is 1.88 bits per heavy atom. The Morgan fingerprint density at radius 1 is 1.18 bits per heavy atom. The highest BCUT2D eigenvalue weighted by Crippen LogP contribution is 2.32. The molecule has 0 radical (unpaired) electrons. The third kappa shape index (κ3) is 4.88. The van der Waals surface area contributed by atoms with E-state index in [1.165, 1.54) is 16.8 Å². The number of carbonyl (C=O) groups is 2. The largest absolute Gasteiger partial charge is 0.433 e. The second-order valence-electron chi connectivity index (χ2n) is 7.53. The molecule has 1 atom stereocenters. The van der Waals surface area contributed by atoms with Crippen LogP contribution in [0, 0.1) is 6.92 Å². The molecule has 1 amide bonds. The molecule has 2 aromatic heterocycles. The maximum Gasteiger partial charge on any atom is 0.433 e. The van der Waals surface area contributed by atoms with Crippen molar-refractivity contribution in [2.24, 2.45) is 0 Å². The van der Waals surface area contributed by atoms with Crippen molar-refractivity contribution in [1.29, 1.82) is 0 Å². The number of aldehydes is 1. The number of aromatic nitrogens is 3. The quantitative estimate of drug-likeness (QED) is 0.277. The number of benzene rings is 2. The van der Waals surface area contributed by atoms with Gasteiger partial charge in [-0.3, -0.25) is 14.3 Å². The molecule has 1 N–H and O–H groups in total. The molecule has 34 heavy (non-hydrogen) atoms. The normalized spacial score (nSPS) is 11.6. The molecular weight excluding hydrogens is 532 g/mol. The van der Waals surface area contributed by atoms with Gasteiger partial charge in [-0.25, -0.2) is 4.98 Å². The summed E-state index contributed by atoms with van der Waals surface area (Å²) >= 11 is 3.27. The minimum Gasteiger partial charge on any atom is -0.318 e. The smallest absolute Gasteiger partial charge is 0.318 e. The summed E-state index contributed by atoms with van der Waals surface area (Å²) in [6.45, 7) is 1.88. The summed E-state index contributed by atoms with van der Waals surface area (Å²) in [5.41, 5.74) is 0.0891. The topological polar surface area (TPSA) is 76.9 Å². The van der Waals surface area contributed by atoms with E-state index >= 15 is 0 Å². The second kappa shape index (κ2) is 9.27. The fourth-order valence-electron chi connectivity index (χ4n) is 3.50. The molecule has 0 aliphatic heterocycles. The van der Waals surface area contributed by atoms with Crippen LogP contribution in [-0.2, 0) is 12.7 Å². The Balaban J connectivity index is 1.74. The molecular formula is C23H17BrF3N4O2P. The van der Waals surface area contributed by atoms with Crippen molar-refractivity contribution in [1.82, 2.24) is 14.8 Å². The Kier molecular flexibility index (Phi) is 6.55. The fourth-order valence-corrected chi connectivity index (χ4v) is 4.06. The van der Waals surface area contributed by atoms with E-state index in [4.69, 9.17) is 0 Å². The predicted molar refractivity (Wildman–Crippen MR) is 130 cm³/mol. The van der Waals surface area contributed by atoms with Crippen molar-refractivity contribution >= 4 is 59.3 Å². The Bertz CT molecular complexity index is 1420. The molecule has 2 heterocycles. The van der Waals surface area contributed by atoms with Crippen molar-refractivity contribution < 1.29 is 22.8 Å². The highest BCUT2D eigenvalue weighted by molar-refractivity contribution is 9.10. The number of pyridine rings is 1. The molecule has 2 aromatic carbocycles. The lowest BCUT2D eigenvalue weighted by Gasteiger charge is -2.12. The van der Waals surface area contributed by atoms with Gasteiger partial charge in [-0.2, -0.15) is 18.3 Å². The first-order valence-corrected chi connectivity index (χ1v) is 11.3. The van der Waals surface area contributed by atoms with E-state index in [1.807, 2.05) is 24.3 Å². The van der Waals surface area contributed by atoms with Crippen LogP contribution in [0.4, 0.5) is 18.9 Å². The van der Waals surface area contributed by atoms with Gasteiger partial charge in [0.1, 0.15) is 11.4 Å². The van der Waals surface area contributed by atoms with E-state index in [0.29, 0.717) is 22.5 Å². The van der Waals surface area contributed by atoms with Gasteiger partial charge in [-0.05, 0) is 42.1 Å². The average Bonchev–Trinajstić information content (AvgIpc) is 3.07. The first-order chi connectivity index (χ1) is 16.1. The minimum absolute atomic E-state index is 0.0173. The first kappa shape index (κ1) is 24.0. The number of alkyl halides is 3. The van der Waals surface area contributed by atoms with Gasteiger partial charge in [0.15, 0.2) is 6.29 Å². The molecule has 11 heteroatoms. The first-order valence-electron chi connectivity index (χ1n) is 9.92. The zero-order valence-corrected chi connectivity index (χ0v) is 20.4. The number of amides is 1. The zero-order valence-electron chi connectivity index (χ0n) is 17.7. The van der Waals surface area contributed by atoms with Crippen LogP contribution in [0.3, 0.4) is 0 Å². The van der Waals surface area contributed by atoms with Crippen LogP contribution in [0.15, 0.2) is 53.0 Å². The molecule has 0 fully saturated rings. The molecule has 6 nitrogen and oxygen atoms in total. The molecule has 174 valence electrons. The monoisotopic (exact) mass is 548 g/mol. The number of carbonyl (C=O) groups excluding carboxylic acids is 2. The summed E-state index contributed by atoms with van der Waals surface area (Å²) in [5, 5.41) is 8.16. The molecule has 0 saturated carbocycles. The van der Waals surface area contributed by atoms with Crippen LogP contribution >= 0.6 is 25.2 Å². The van der Waals surface area contributed by atoms with E-state index in [-0.39, 0.29) is 34.4 Å². The Morgan fingerprint density at radius 3 is 2.53 bits per heavy atom. The molecule has 4 rings (SSSR count). The van der Waals surface area contributed by atoms with Crippen LogP contribution in [0.1, 0.15) is 37.8 Å². The number of hydrogen-bond donors (Lipinski definition) is 1. The lowest BCUT2D eigenvalue weighted by Crippen LogP contribution is -2.17. The van der Waals surface area contributed by atoms with Crippen molar-refractivity contribution in [2.75, 3.05) is 5.32 Å². The summed E-state index contributed by atoms with van der Waals surface area (Å²) in [6.07, 6.45) is -4.18. The summed E-state index contributed by atoms with van der Waals surface area (Å²) in [7, 11) is 2.58. The second-order valence-corrected chi connectivity index (χ2v) is 9.11. The van der Waals surface area contributed by atoms with Crippen LogP contribution in [0.2, 0.25) is 0 Å². The average molecular weight is 549 g/mol. The number of nitrogens with one attached hydrogen (secondary N) is 1. The fraction of sp³-hybridized carbons (Fsp3) is 0.130. The molecule has 4 aromatic rings. The van der Waals surface area contributed by atoms with Gasteiger partial charge in [0.25, 0.3) is 5.91 Å². The highest BCUT2D eigenvalue weighted by atomic mass is 79.9. The standard InChI is InChI=1S/C23H17BrF3N4O2P/c1-12-21(19(11-32)31(30-12)10-13-2-5-15(34)6-3-13)29-22(33)17-9-20(23(25,26)27)28-18-7-4-14(24)8-16(17)18/h2-9,11H,10,34H2,1H3,(H,29,33). The number of aryl methyl sites for hydroxylation is 1. The van der Waals surface area contributed by atoms with Gasteiger partial charge in [-0.15, -0.1) is 9.24 Å². The molecule has 1 unspecified atom stereocenters. The van der Waals surface area contributed by atoms with Gasteiger partial charge >= 0.3 is 6.18 Å². The van der Waals surface area contributed by atoms with Gasteiger partial charge in [0, 0.05) is 9.86 Å². The Hall–Kier alpha value is -3.10. The van der Waals surface area contributed by atoms with E-state index in [2.05, 4.69) is 40.6 Å². The number of nitrogens with zero attached hydrogens (tertiary/aromatic N) is 3. The van der Waals surface area contributed by atoms with Gasteiger partial charge in [0.05, 0.1) is 29.0 Å². The number of hydrogen-bond acceptors (Lipinski definition) is 4. The SMILES string of the molecule is Cc1nn(Cc2ccc(P)cc2)c(C=O)c1NC(=O)c1cc(C(F)(F)F)nc2ccc(Br)cc12. The predicted octanol–water partition coefficient (Wildman–Crippen LogP) is 5.13. The van der Waals surface area contributed by atoms with Gasteiger partial charge in [0.2, 0.25) is 0 Å². The van der Waals surface area contributed by atoms with Crippen LogP contribution in [-0.4, -0.2) is 27.0 Å². The minimum atomic E-state index is -4.74. The molecule has 0 aliphatic rings. The maximum atomic E-state index is 13.4. The number of fused-ring (bicyclic) bond motifs is 1. The van der Waals surface area contributed by atoms with Crippen molar-refractivity contribution in [3.63, 3.8) is 0 Å². The summed E-state index contributed by atoms with van der Waals surface area (Å²) in [4.78, 5) is 28.7. The summed E-state index contributed by atoms with van der Waals surface area (Å²) < 4.78 is 42.3. The van der Waals surface area contributed by atoms with Gasteiger partial charge < -0.3 is 5.32 Å². The summed E-state index contributed by atoms with van der Waals surface area (Å²) in [5.74, 6) is -0.811. The van der Waals surface area contributed by atoms with Crippen LogP contribution in [0.5, 0.6) is 0 Å². The van der Waals surface area contributed by atoms with Crippen molar-refractivity contribution in [3.8, 4) is 0 Å². The van der Waals surface area contributed by atoms with E-state index in [1.54, 1.807) is 13.0 Å². The zero-order chi connectivity index (χ0) is 24.6. The number of halogens is 4. The lowest BCUT2D eigenvalue weighted by atomic mass is 10.1. The van der Waals surface area contributed by atoms with Crippen molar-refractivity contribution in [3.05, 3.63) is 81.2 Å². The third-order valence-corrected chi connectivity index (χ3v) is 6.01. The van der Waals surface area contributed by atoms with Gasteiger partial charge in [-0.1, -0.05) is 40.2 Å².